The van der Waals surface area contributed by atoms with E-state index in [1.54, 1.807) is 0 Å². The summed E-state index contributed by atoms with van der Waals surface area (Å²) in [4.78, 5) is 37.6. The van der Waals surface area contributed by atoms with E-state index in [0.717, 1.165) is 69.6 Å². The topological polar surface area (TPSA) is 78.9 Å². The van der Waals surface area contributed by atoms with E-state index in [9.17, 15) is 14.4 Å². The van der Waals surface area contributed by atoms with E-state index in [-0.39, 0.29) is 31.1 Å². The zero-order valence-electron chi connectivity index (χ0n) is 34.7. The first-order valence-electron chi connectivity index (χ1n) is 22.3. The zero-order valence-corrected chi connectivity index (χ0v) is 34.7. The van der Waals surface area contributed by atoms with E-state index in [1.165, 1.54) is 128 Å². The van der Waals surface area contributed by atoms with Crippen molar-refractivity contribution in [3.63, 3.8) is 0 Å². The van der Waals surface area contributed by atoms with E-state index in [2.05, 4.69) is 34.6 Å². The van der Waals surface area contributed by atoms with Gasteiger partial charge in [0.1, 0.15) is 13.2 Å². The van der Waals surface area contributed by atoms with Gasteiger partial charge in [0.2, 0.25) is 0 Å². The summed E-state index contributed by atoms with van der Waals surface area (Å²) in [6.45, 7) is 11.2. The Bertz CT molecular complexity index is 781. The van der Waals surface area contributed by atoms with Gasteiger partial charge in [0.05, 0.1) is 0 Å². The third-order valence-corrected chi connectivity index (χ3v) is 10.3. The molecule has 6 nitrogen and oxygen atoms in total. The molecule has 0 aromatic carbocycles. The fourth-order valence-corrected chi connectivity index (χ4v) is 6.54. The molecule has 0 aromatic heterocycles. The molecule has 0 amide bonds. The summed E-state index contributed by atoms with van der Waals surface area (Å²) in [6.07, 6.45) is 35.3. The predicted octanol–water partition coefficient (Wildman–Crippen LogP) is 13.8. The number of rotatable bonds is 39. The van der Waals surface area contributed by atoms with E-state index in [4.69, 9.17) is 14.2 Å². The average molecular weight is 723 g/mol. The number of unbranched alkanes of at least 4 members (excludes halogenated alkanes) is 23. The monoisotopic (exact) mass is 723 g/mol. The van der Waals surface area contributed by atoms with Crippen LogP contribution < -0.4 is 0 Å². The van der Waals surface area contributed by atoms with Gasteiger partial charge in [-0.05, 0) is 31.1 Å². The van der Waals surface area contributed by atoms with Gasteiger partial charge in [-0.1, -0.05) is 202 Å². The quantitative estimate of drug-likeness (QED) is 0.0357. The van der Waals surface area contributed by atoms with Gasteiger partial charge in [-0.15, -0.1) is 0 Å². The minimum Gasteiger partial charge on any atom is -0.462 e. The summed E-state index contributed by atoms with van der Waals surface area (Å²) in [5.74, 6) is 0.707. The lowest BCUT2D eigenvalue weighted by Crippen LogP contribution is -2.30. The molecular weight excluding hydrogens is 636 g/mol. The maximum absolute atomic E-state index is 12.6. The SMILES string of the molecule is CCCCCCCCCCCCCCCCC(=O)OC[C@@H](COC(=O)CCCCCCCCC(C)CC)OC(=O)CCCCCCCCC(C)C. The first-order chi connectivity index (χ1) is 24.8. The third kappa shape index (κ3) is 38.0. The molecule has 0 aromatic rings. The lowest BCUT2D eigenvalue weighted by molar-refractivity contribution is -0.167. The second-order valence-electron chi connectivity index (χ2n) is 16.1. The van der Waals surface area contributed by atoms with Crippen molar-refractivity contribution in [3.8, 4) is 0 Å². The normalized spacial score (nSPS) is 12.6. The van der Waals surface area contributed by atoms with Crippen molar-refractivity contribution in [1.82, 2.24) is 0 Å². The Labute approximate surface area is 317 Å². The van der Waals surface area contributed by atoms with Gasteiger partial charge in [0.25, 0.3) is 0 Å². The molecule has 0 aliphatic rings. The molecule has 0 fully saturated rings. The van der Waals surface area contributed by atoms with Crippen molar-refractivity contribution in [1.29, 1.82) is 0 Å². The second kappa shape index (κ2) is 38.1. The van der Waals surface area contributed by atoms with Crippen LogP contribution in [0.2, 0.25) is 0 Å². The molecule has 51 heavy (non-hydrogen) atoms. The molecule has 0 radical (unpaired) electrons. The van der Waals surface area contributed by atoms with Gasteiger partial charge in [-0.2, -0.15) is 0 Å². The Morgan fingerprint density at radius 1 is 0.412 bits per heavy atom. The van der Waals surface area contributed by atoms with Gasteiger partial charge in [-0.3, -0.25) is 14.4 Å². The van der Waals surface area contributed by atoms with Crippen LogP contribution in [0.25, 0.3) is 0 Å². The summed E-state index contributed by atoms with van der Waals surface area (Å²) in [5, 5.41) is 0. The van der Waals surface area contributed by atoms with Crippen LogP contribution in [-0.4, -0.2) is 37.2 Å². The second-order valence-corrected chi connectivity index (χ2v) is 16.1. The van der Waals surface area contributed by atoms with E-state index in [1.807, 2.05) is 0 Å². The number of hydrogen-bond donors (Lipinski definition) is 0. The van der Waals surface area contributed by atoms with Crippen LogP contribution in [0.3, 0.4) is 0 Å². The molecule has 0 spiro atoms. The van der Waals surface area contributed by atoms with Gasteiger partial charge in [0.15, 0.2) is 6.10 Å². The van der Waals surface area contributed by atoms with Gasteiger partial charge >= 0.3 is 17.9 Å². The first kappa shape index (κ1) is 49.4. The van der Waals surface area contributed by atoms with E-state index in [0.29, 0.717) is 19.3 Å². The van der Waals surface area contributed by atoms with Crippen molar-refractivity contribution in [2.45, 2.75) is 246 Å². The molecule has 1 unspecified atom stereocenters. The standard InChI is InChI=1S/C45H86O6/c1-6-8-9-10-11-12-13-14-15-16-17-18-25-30-35-43(46)49-38-42(51-45(48)37-32-27-21-19-23-28-33-40(3)4)39-50-44(47)36-31-26-22-20-24-29-34-41(5)7-2/h40-42H,6-39H2,1-5H3/t41?,42-/m0/s1. The lowest BCUT2D eigenvalue weighted by atomic mass is 10.00. The summed E-state index contributed by atoms with van der Waals surface area (Å²) < 4.78 is 16.7. The molecule has 0 N–H and O–H groups in total. The maximum atomic E-state index is 12.6. The number of carbonyl (C=O) groups excluding carboxylic acids is 3. The van der Waals surface area contributed by atoms with Crippen molar-refractivity contribution >= 4 is 17.9 Å². The first-order valence-corrected chi connectivity index (χ1v) is 22.3. The molecule has 0 saturated heterocycles. The predicted molar refractivity (Wildman–Crippen MR) is 215 cm³/mol. The zero-order chi connectivity index (χ0) is 37.6. The van der Waals surface area contributed by atoms with Crippen LogP contribution in [0.4, 0.5) is 0 Å². The van der Waals surface area contributed by atoms with E-state index >= 15 is 0 Å². The molecule has 2 atom stereocenters. The van der Waals surface area contributed by atoms with Crippen LogP contribution in [0.5, 0.6) is 0 Å². The van der Waals surface area contributed by atoms with Crippen molar-refractivity contribution in [2.75, 3.05) is 13.2 Å². The van der Waals surface area contributed by atoms with Gasteiger partial charge < -0.3 is 14.2 Å². The molecule has 302 valence electrons. The van der Waals surface area contributed by atoms with Crippen LogP contribution >= 0.6 is 0 Å². The van der Waals surface area contributed by atoms with Crippen molar-refractivity contribution in [3.05, 3.63) is 0 Å². The van der Waals surface area contributed by atoms with Gasteiger partial charge in [0, 0.05) is 19.3 Å². The van der Waals surface area contributed by atoms with Gasteiger partial charge in [-0.25, -0.2) is 0 Å². The molecule has 0 saturated carbocycles. The Balaban J connectivity index is 4.31. The van der Waals surface area contributed by atoms with Crippen LogP contribution in [0, 0.1) is 11.8 Å². The number of hydrogen-bond acceptors (Lipinski definition) is 6. The largest absolute Gasteiger partial charge is 0.462 e. The Morgan fingerprint density at radius 2 is 0.745 bits per heavy atom. The fourth-order valence-electron chi connectivity index (χ4n) is 6.54. The molecule has 0 rings (SSSR count). The van der Waals surface area contributed by atoms with Crippen LogP contribution in [-0.2, 0) is 28.6 Å². The summed E-state index contributed by atoms with van der Waals surface area (Å²) in [7, 11) is 0. The summed E-state index contributed by atoms with van der Waals surface area (Å²) >= 11 is 0. The highest BCUT2D eigenvalue weighted by Gasteiger charge is 2.19. The molecule has 0 bridgehead atoms. The molecule has 0 aliphatic carbocycles. The molecule has 0 aliphatic heterocycles. The molecular formula is C45H86O6. The Kier molecular flexibility index (Phi) is 37.0. The summed E-state index contributed by atoms with van der Waals surface area (Å²) in [5.41, 5.74) is 0. The number of ether oxygens (including phenoxy) is 3. The fraction of sp³-hybridized carbons (Fsp3) is 0.933. The third-order valence-electron chi connectivity index (χ3n) is 10.3. The smallest absolute Gasteiger partial charge is 0.306 e. The lowest BCUT2D eigenvalue weighted by Gasteiger charge is -2.18. The number of carbonyl (C=O) groups is 3. The van der Waals surface area contributed by atoms with Crippen LogP contribution in [0.15, 0.2) is 0 Å². The Hall–Kier alpha value is -1.59. The molecule has 0 heterocycles. The van der Waals surface area contributed by atoms with Crippen molar-refractivity contribution < 1.29 is 28.6 Å². The Morgan fingerprint density at radius 3 is 1.12 bits per heavy atom. The maximum Gasteiger partial charge on any atom is 0.306 e. The highest BCUT2D eigenvalue weighted by molar-refractivity contribution is 5.71. The molecule has 6 heteroatoms. The van der Waals surface area contributed by atoms with Crippen LogP contribution in [0.1, 0.15) is 240 Å². The minimum absolute atomic E-state index is 0.0665. The minimum atomic E-state index is -0.761. The summed E-state index contributed by atoms with van der Waals surface area (Å²) in [6, 6.07) is 0. The average Bonchev–Trinajstić information content (AvgIpc) is 3.11. The highest BCUT2D eigenvalue weighted by atomic mass is 16.6. The van der Waals surface area contributed by atoms with Crippen molar-refractivity contribution in [2.24, 2.45) is 11.8 Å². The highest BCUT2D eigenvalue weighted by Crippen LogP contribution is 2.17. The van der Waals surface area contributed by atoms with E-state index < -0.39 is 6.10 Å². The number of esters is 3.